The predicted molar refractivity (Wildman–Crippen MR) is 137 cm³/mol. The zero-order valence-corrected chi connectivity index (χ0v) is 20.3. The molecule has 9 nitrogen and oxygen atoms in total. The van der Waals surface area contributed by atoms with Crippen LogP contribution in [0.25, 0.3) is 33.3 Å². The van der Waals surface area contributed by atoms with Gasteiger partial charge in [0.15, 0.2) is 5.65 Å². The minimum Gasteiger partial charge on any atom is -0.351 e. The maximum absolute atomic E-state index is 14.9. The second kappa shape index (κ2) is 10.1. The molecule has 0 spiro atoms. The molecule has 10 heteroatoms. The standard InChI is InChI=1S/C27H24FN7O2/c1-34(2)24(36)12-14-30-27(37)20-9-8-18(15-21(20)28)22-10-11-23-26(31-22)35(33-32-23)16-19-6-3-5-17-7-4-13-29-25(17)19/h3-11,13,15H,12,14,16H2,1-2H3,(H,30,37). The van der Waals surface area contributed by atoms with Gasteiger partial charge in [0.2, 0.25) is 5.91 Å². The van der Waals surface area contributed by atoms with E-state index in [9.17, 15) is 14.0 Å². The summed E-state index contributed by atoms with van der Waals surface area (Å²) in [4.78, 5) is 34.7. The van der Waals surface area contributed by atoms with Crippen molar-refractivity contribution >= 4 is 33.9 Å². The third-order valence-electron chi connectivity index (χ3n) is 6.03. The van der Waals surface area contributed by atoms with Gasteiger partial charge in [-0.1, -0.05) is 35.5 Å². The summed E-state index contributed by atoms with van der Waals surface area (Å²) < 4.78 is 16.6. The van der Waals surface area contributed by atoms with E-state index in [1.54, 1.807) is 43.2 Å². The van der Waals surface area contributed by atoms with Gasteiger partial charge in [0.25, 0.3) is 5.91 Å². The second-order valence-electron chi connectivity index (χ2n) is 8.77. The van der Waals surface area contributed by atoms with Crippen LogP contribution in [0.2, 0.25) is 0 Å². The van der Waals surface area contributed by atoms with Crippen LogP contribution in [0.1, 0.15) is 22.3 Å². The van der Waals surface area contributed by atoms with Crippen LogP contribution in [0.5, 0.6) is 0 Å². The molecule has 0 aliphatic carbocycles. The van der Waals surface area contributed by atoms with Crippen molar-refractivity contribution < 1.29 is 14.0 Å². The Hall–Kier alpha value is -4.73. The first kappa shape index (κ1) is 24.0. The number of carbonyl (C=O) groups excluding carboxylic acids is 2. The van der Waals surface area contributed by atoms with Gasteiger partial charge < -0.3 is 10.2 Å². The Balaban J connectivity index is 1.38. The molecular formula is C27H24FN7O2. The Morgan fingerprint density at radius 2 is 1.89 bits per heavy atom. The number of rotatable bonds is 7. The normalized spacial score (nSPS) is 11.1. The Bertz CT molecular complexity index is 1630. The maximum atomic E-state index is 14.9. The lowest BCUT2D eigenvalue weighted by atomic mass is 10.1. The summed E-state index contributed by atoms with van der Waals surface area (Å²) >= 11 is 0. The largest absolute Gasteiger partial charge is 0.351 e. The first-order valence-electron chi connectivity index (χ1n) is 11.7. The molecule has 3 aromatic heterocycles. The molecule has 37 heavy (non-hydrogen) atoms. The summed E-state index contributed by atoms with van der Waals surface area (Å²) in [6, 6.07) is 17.7. The van der Waals surface area contributed by atoms with Gasteiger partial charge in [0, 0.05) is 44.2 Å². The first-order chi connectivity index (χ1) is 17.9. The molecule has 0 unspecified atom stereocenters. The average molecular weight is 498 g/mol. The minimum atomic E-state index is -0.677. The molecule has 0 saturated heterocycles. The fourth-order valence-electron chi connectivity index (χ4n) is 4.04. The van der Waals surface area contributed by atoms with Gasteiger partial charge in [-0.25, -0.2) is 14.1 Å². The molecule has 5 aromatic rings. The van der Waals surface area contributed by atoms with Crippen LogP contribution < -0.4 is 5.32 Å². The van der Waals surface area contributed by atoms with E-state index in [0.717, 1.165) is 16.5 Å². The van der Waals surface area contributed by atoms with Crippen LogP contribution in [0.3, 0.4) is 0 Å². The summed E-state index contributed by atoms with van der Waals surface area (Å²) in [6.07, 6.45) is 1.89. The highest BCUT2D eigenvalue weighted by atomic mass is 19.1. The number of hydrogen-bond donors (Lipinski definition) is 1. The molecular weight excluding hydrogens is 473 g/mol. The molecule has 2 amide bonds. The van der Waals surface area contributed by atoms with Gasteiger partial charge in [-0.2, -0.15) is 0 Å². The van der Waals surface area contributed by atoms with E-state index < -0.39 is 11.7 Å². The Kier molecular flexibility index (Phi) is 6.55. The van der Waals surface area contributed by atoms with Crippen LogP contribution in [0.4, 0.5) is 4.39 Å². The van der Waals surface area contributed by atoms with Crippen molar-refractivity contribution in [3.8, 4) is 11.3 Å². The van der Waals surface area contributed by atoms with Crippen molar-refractivity contribution in [2.24, 2.45) is 0 Å². The summed E-state index contributed by atoms with van der Waals surface area (Å²) in [5.74, 6) is -1.38. The zero-order chi connectivity index (χ0) is 25.9. The molecule has 3 heterocycles. The van der Waals surface area contributed by atoms with Gasteiger partial charge in [-0.05, 0) is 35.9 Å². The number of nitrogens with one attached hydrogen (secondary N) is 1. The lowest BCUT2D eigenvalue weighted by Gasteiger charge is -2.11. The second-order valence-corrected chi connectivity index (χ2v) is 8.77. The third-order valence-corrected chi connectivity index (χ3v) is 6.03. The summed E-state index contributed by atoms with van der Waals surface area (Å²) in [5.41, 5.74) is 3.96. The highest BCUT2D eigenvalue weighted by molar-refractivity contribution is 5.95. The number of nitrogens with zero attached hydrogens (tertiary/aromatic N) is 6. The topological polar surface area (TPSA) is 106 Å². The molecule has 0 atom stereocenters. The lowest BCUT2D eigenvalue weighted by molar-refractivity contribution is -0.128. The van der Waals surface area contributed by atoms with Crippen LogP contribution in [0.15, 0.2) is 66.9 Å². The number of para-hydroxylation sites is 1. The summed E-state index contributed by atoms with van der Waals surface area (Å²) in [6.45, 7) is 0.545. The van der Waals surface area contributed by atoms with Crippen LogP contribution >= 0.6 is 0 Å². The van der Waals surface area contributed by atoms with E-state index in [1.165, 1.54) is 17.0 Å². The number of pyridine rings is 2. The van der Waals surface area contributed by atoms with Crippen molar-refractivity contribution in [2.75, 3.05) is 20.6 Å². The van der Waals surface area contributed by atoms with E-state index in [-0.39, 0.29) is 24.4 Å². The molecule has 5 rings (SSSR count). The van der Waals surface area contributed by atoms with Crippen molar-refractivity contribution in [1.82, 2.24) is 35.2 Å². The van der Waals surface area contributed by atoms with E-state index in [4.69, 9.17) is 4.98 Å². The molecule has 0 bridgehead atoms. The number of hydrogen-bond acceptors (Lipinski definition) is 6. The van der Waals surface area contributed by atoms with Crippen molar-refractivity contribution in [3.05, 3.63) is 83.8 Å². The first-order valence-corrected chi connectivity index (χ1v) is 11.7. The highest BCUT2D eigenvalue weighted by Crippen LogP contribution is 2.24. The van der Waals surface area contributed by atoms with Gasteiger partial charge in [0.05, 0.1) is 23.3 Å². The van der Waals surface area contributed by atoms with E-state index in [0.29, 0.717) is 29.0 Å². The lowest BCUT2D eigenvalue weighted by Crippen LogP contribution is -2.30. The quantitative estimate of drug-likeness (QED) is 0.369. The number of halogens is 1. The smallest absolute Gasteiger partial charge is 0.254 e. The van der Waals surface area contributed by atoms with Crippen molar-refractivity contribution in [1.29, 1.82) is 0 Å². The Labute approximate surface area is 211 Å². The van der Waals surface area contributed by atoms with Crippen LogP contribution in [-0.4, -0.2) is 62.3 Å². The van der Waals surface area contributed by atoms with Crippen molar-refractivity contribution in [2.45, 2.75) is 13.0 Å². The third kappa shape index (κ3) is 4.99. The number of carbonyl (C=O) groups is 2. The molecule has 2 aromatic carbocycles. The summed E-state index contributed by atoms with van der Waals surface area (Å²) in [7, 11) is 3.27. The molecule has 186 valence electrons. The SMILES string of the molecule is CN(C)C(=O)CCNC(=O)c1ccc(-c2ccc3nnn(Cc4cccc5cccnc45)c3n2)cc1F. The number of aromatic nitrogens is 5. The maximum Gasteiger partial charge on any atom is 0.254 e. The van der Waals surface area contributed by atoms with E-state index >= 15 is 0 Å². The van der Waals surface area contributed by atoms with Gasteiger partial charge in [-0.15, -0.1) is 5.10 Å². The Morgan fingerprint density at radius 1 is 1.05 bits per heavy atom. The average Bonchev–Trinajstić information content (AvgIpc) is 3.30. The highest BCUT2D eigenvalue weighted by Gasteiger charge is 2.16. The van der Waals surface area contributed by atoms with Gasteiger partial charge >= 0.3 is 0 Å². The number of fused-ring (bicyclic) bond motifs is 2. The fourth-order valence-corrected chi connectivity index (χ4v) is 4.04. The molecule has 0 radical (unpaired) electrons. The Morgan fingerprint density at radius 3 is 2.70 bits per heavy atom. The summed E-state index contributed by atoms with van der Waals surface area (Å²) in [5, 5.41) is 12.1. The molecule has 0 saturated carbocycles. The minimum absolute atomic E-state index is 0.0997. The fraction of sp³-hybridized carbons (Fsp3) is 0.185. The predicted octanol–water partition coefficient (Wildman–Crippen LogP) is 3.44. The monoisotopic (exact) mass is 497 g/mol. The number of benzene rings is 2. The molecule has 1 N–H and O–H groups in total. The molecule has 0 aliphatic rings. The van der Waals surface area contributed by atoms with E-state index in [2.05, 4.69) is 20.6 Å². The zero-order valence-electron chi connectivity index (χ0n) is 20.3. The molecule has 0 fully saturated rings. The molecule has 0 aliphatic heterocycles. The van der Waals surface area contributed by atoms with Crippen LogP contribution in [0, 0.1) is 5.82 Å². The van der Waals surface area contributed by atoms with Crippen LogP contribution in [-0.2, 0) is 11.3 Å². The van der Waals surface area contributed by atoms with Crippen molar-refractivity contribution in [3.63, 3.8) is 0 Å². The van der Waals surface area contributed by atoms with E-state index in [1.807, 2.05) is 30.3 Å². The van der Waals surface area contributed by atoms with Gasteiger partial charge in [0.1, 0.15) is 11.3 Å². The number of amides is 2. The van der Waals surface area contributed by atoms with Gasteiger partial charge in [-0.3, -0.25) is 14.6 Å².